The molecule has 0 aliphatic heterocycles. The molecule has 0 saturated heterocycles. The van der Waals surface area contributed by atoms with Crippen molar-refractivity contribution < 1.29 is 32.7 Å². The third-order valence-electron chi connectivity index (χ3n) is 1.81. The van der Waals surface area contributed by atoms with Gasteiger partial charge in [-0.05, 0) is 18.9 Å². The van der Waals surface area contributed by atoms with Crippen LogP contribution < -0.4 is 0 Å². The second kappa shape index (κ2) is 7.47. The van der Waals surface area contributed by atoms with E-state index in [1.165, 1.54) is 11.1 Å². The molecule has 0 aliphatic rings. The number of hydrogen-bond donors (Lipinski definition) is 0. The van der Waals surface area contributed by atoms with E-state index in [0.717, 1.165) is 12.8 Å². The number of rotatable bonds is 3. The fourth-order valence-electron chi connectivity index (χ4n) is 1.06. The third-order valence-corrected chi connectivity index (χ3v) is 1.81. The van der Waals surface area contributed by atoms with Crippen LogP contribution in [0.4, 0.5) is 0 Å². The zero-order valence-corrected chi connectivity index (χ0v) is 11.0. The van der Waals surface area contributed by atoms with Gasteiger partial charge < -0.3 is 6.92 Å². The molecular weight excluding hydrogens is 233 g/mol. The summed E-state index contributed by atoms with van der Waals surface area (Å²) in [5.41, 5.74) is 2.69. The molecule has 0 bridgehead atoms. The van der Waals surface area contributed by atoms with Gasteiger partial charge in [0, 0.05) is 32.7 Å². The van der Waals surface area contributed by atoms with Crippen molar-refractivity contribution in [2.45, 2.75) is 19.8 Å². The van der Waals surface area contributed by atoms with Gasteiger partial charge >= 0.3 is 0 Å². The Kier molecular flexibility index (Phi) is 7.50. The minimum absolute atomic E-state index is 0. The monoisotopic (exact) mass is 248 g/mol. The molecule has 1 heteroatoms. The summed E-state index contributed by atoms with van der Waals surface area (Å²) in [5.74, 6) is 0. The molecular formula is C12H15Y-. The van der Waals surface area contributed by atoms with Crippen LogP contribution in [0.2, 0.25) is 0 Å². The van der Waals surface area contributed by atoms with Crippen molar-refractivity contribution in [2.24, 2.45) is 0 Å². The summed E-state index contributed by atoms with van der Waals surface area (Å²) < 4.78 is 0. The maximum absolute atomic E-state index is 3.74. The minimum Gasteiger partial charge on any atom is -0.340 e. The van der Waals surface area contributed by atoms with Gasteiger partial charge in [-0.1, -0.05) is 35.9 Å². The summed E-state index contributed by atoms with van der Waals surface area (Å²) in [4.78, 5) is 0. The number of aryl methyl sites for hydroxylation is 1. The predicted octanol–water partition coefficient (Wildman–Crippen LogP) is 3.32. The first kappa shape index (κ1) is 13.1. The molecule has 0 saturated carbocycles. The van der Waals surface area contributed by atoms with Crippen LogP contribution in [0.25, 0.3) is 0 Å². The molecule has 0 unspecified atom stereocenters. The van der Waals surface area contributed by atoms with Gasteiger partial charge in [-0.2, -0.15) is 6.42 Å². The second-order valence-corrected chi connectivity index (χ2v) is 2.95. The summed E-state index contributed by atoms with van der Waals surface area (Å²) >= 11 is 0. The molecule has 0 spiro atoms. The quantitative estimate of drug-likeness (QED) is 0.568. The number of allylic oxidation sites excluding steroid dienone is 2. The summed E-state index contributed by atoms with van der Waals surface area (Å²) in [6.07, 6.45) is 6.17. The van der Waals surface area contributed by atoms with Gasteiger partial charge in [0.15, 0.2) is 0 Å². The maximum atomic E-state index is 3.74. The van der Waals surface area contributed by atoms with Crippen LogP contribution in [0.1, 0.15) is 17.5 Å². The van der Waals surface area contributed by atoms with Crippen LogP contribution in [0, 0.1) is 13.8 Å². The van der Waals surface area contributed by atoms with Gasteiger partial charge in [0.2, 0.25) is 0 Å². The SMILES string of the molecule is [CH2-]C/C=C\Cc1ccc(C)cc1.[Y]. The Morgan fingerprint density at radius 2 is 1.77 bits per heavy atom. The van der Waals surface area contributed by atoms with Crippen molar-refractivity contribution in [3.63, 3.8) is 0 Å². The fourth-order valence-corrected chi connectivity index (χ4v) is 1.06. The largest absolute Gasteiger partial charge is 0.340 e. The molecule has 1 aromatic carbocycles. The Bertz CT molecular complexity index is 246. The molecule has 0 fully saturated rings. The first-order valence-corrected chi connectivity index (χ1v) is 4.32. The van der Waals surface area contributed by atoms with Crippen molar-refractivity contribution in [1.29, 1.82) is 0 Å². The van der Waals surface area contributed by atoms with Crippen molar-refractivity contribution in [3.05, 3.63) is 54.5 Å². The molecule has 67 valence electrons. The van der Waals surface area contributed by atoms with Gasteiger partial charge in [-0.15, -0.1) is 6.08 Å². The van der Waals surface area contributed by atoms with Crippen LogP contribution >= 0.6 is 0 Å². The third kappa shape index (κ3) is 5.38. The molecule has 0 aromatic heterocycles. The molecule has 0 N–H and O–H groups in total. The van der Waals surface area contributed by atoms with E-state index >= 15 is 0 Å². The zero-order chi connectivity index (χ0) is 8.81. The van der Waals surface area contributed by atoms with Crippen molar-refractivity contribution >= 4 is 0 Å². The molecule has 1 aromatic rings. The Balaban J connectivity index is 0.00000144. The molecule has 0 heterocycles. The molecule has 1 rings (SSSR count). The molecule has 0 amide bonds. The Hall–Kier alpha value is 0.0639. The summed E-state index contributed by atoms with van der Waals surface area (Å²) in [7, 11) is 0. The van der Waals surface area contributed by atoms with E-state index in [-0.39, 0.29) is 32.7 Å². The topological polar surface area (TPSA) is 0 Å². The van der Waals surface area contributed by atoms with Crippen LogP contribution in [0.3, 0.4) is 0 Å². The Labute approximate surface area is 106 Å². The van der Waals surface area contributed by atoms with Gasteiger partial charge in [0.05, 0.1) is 0 Å². The second-order valence-electron chi connectivity index (χ2n) is 2.95. The summed E-state index contributed by atoms with van der Waals surface area (Å²) in [6, 6.07) is 8.63. The van der Waals surface area contributed by atoms with Crippen LogP contribution in [0.15, 0.2) is 36.4 Å². The van der Waals surface area contributed by atoms with Crippen molar-refractivity contribution in [1.82, 2.24) is 0 Å². The number of hydrogen-bond acceptors (Lipinski definition) is 0. The Morgan fingerprint density at radius 1 is 1.15 bits per heavy atom. The van der Waals surface area contributed by atoms with Gasteiger partial charge in [-0.3, -0.25) is 0 Å². The van der Waals surface area contributed by atoms with E-state index in [1.54, 1.807) is 0 Å². The van der Waals surface area contributed by atoms with E-state index in [1.807, 2.05) is 0 Å². The minimum atomic E-state index is 0. The molecule has 13 heavy (non-hydrogen) atoms. The fraction of sp³-hybridized carbons (Fsp3) is 0.250. The van der Waals surface area contributed by atoms with Crippen LogP contribution in [-0.4, -0.2) is 0 Å². The average Bonchev–Trinajstić information content (AvgIpc) is 2.09. The van der Waals surface area contributed by atoms with E-state index in [2.05, 4.69) is 50.3 Å². The van der Waals surface area contributed by atoms with Crippen molar-refractivity contribution in [3.8, 4) is 0 Å². The normalized spacial score (nSPS) is 10.0. The molecule has 1 radical (unpaired) electrons. The first-order valence-electron chi connectivity index (χ1n) is 4.32. The van der Waals surface area contributed by atoms with E-state index < -0.39 is 0 Å². The molecule has 0 aliphatic carbocycles. The van der Waals surface area contributed by atoms with Gasteiger partial charge in [-0.25, -0.2) is 0 Å². The standard InChI is InChI=1S/C12H15.Y/c1-3-4-5-6-12-9-7-11(2)8-10-12;/h4-5,7-10H,1,3,6H2,2H3;/q-1;/b5-4-;. The van der Waals surface area contributed by atoms with E-state index in [0.29, 0.717) is 0 Å². The number of benzene rings is 1. The summed E-state index contributed by atoms with van der Waals surface area (Å²) in [6.45, 7) is 5.85. The van der Waals surface area contributed by atoms with Gasteiger partial charge in [0.25, 0.3) is 0 Å². The molecule has 0 atom stereocenters. The Morgan fingerprint density at radius 3 is 2.31 bits per heavy atom. The van der Waals surface area contributed by atoms with Crippen molar-refractivity contribution in [2.75, 3.05) is 0 Å². The smallest absolute Gasteiger partial charge is 0 e. The van der Waals surface area contributed by atoms with E-state index in [9.17, 15) is 0 Å². The van der Waals surface area contributed by atoms with Crippen LogP contribution in [0.5, 0.6) is 0 Å². The molecule has 0 nitrogen and oxygen atoms in total. The van der Waals surface area contributed by atoms with E-state index in [4.69, 9.17) is 0 Å². The predicted molar refractivity (Wildman–Crippen MR) is 54.0 cm³/mol. The maximum Gasteiger partial charge on any atom is 0 e. The summed E-state index contributed by atoms with van der Waals surface area (Å²) in [5, 5.41) is 0. The first-order chi connectivity index (χ1) is 5.83. The van der Waals surface area contributed by atoms with Gasteiger partial charge in [0.1, 0.15) is 0 Å². The zero-order valence-electron chi connectivity index (χ0n) is 8.16. The average molecular weight is 248 g/mol. The van der Waals surface area contributed by atoms with Crippen LogP contribution in [-0.2, 0) is 39.1 Å².